The lowest BCUT2D eigenvalue weighted by Crippen LogP contribution is -2.28. The fourth-order valence-corrected chi connectivity index (χ4v) is 3.23. The zero-order valence-corrected chi connectivity index (χ0v) is 15.0. The van der Waals surface area contributed by atoms with Crippen LogP contribution in [0.5, 0.6) is 0 Å². The first kappa shape index (κ1) is 17.1. The summed E-state index contributed by atoms with van der Waals surface area (Å²) in [6.07, 6.45) is 0.198. The number of anilines is 2. The largest absolute Gasteiger partial charge is 0.312 e. The summed E-state index contributed by atoms with van der Waals surface area (Å²) in [7, 11) is 0. The van der Waals surface area contributed by atoms with Crippen LogP contribution in [0.4, 0.5) is 11.6 Å². The second-order valence-corrected chi connectivity index (χ2v) is 6.71. The molecule has 2 aromatic rings. The molecule has 0 unspecified atom stereocenters. The highest BCUT2D eigenvalue weighted by molar-refractivity contribution is 6.03. The van der Waals surface area contributed by atoms with Crippen LogP contribution in [-0.2, 0) is 9.59 Å². The highest BCUT2D eigenvalue weighted by atomic mass is 16.2. The van der Waals surface area contributed by atoms with Crippen LogP contribution < -0.4 is 10.2 Å². The lowest BCUT2D eigenvalue weighted by molar-refractivity contribution is -0.122. The second-order valence-electron chi connectivity index (χ2n) is 6.71. The van der Waals surface area contributed by atoms with E-state index >= 15 is 0 Å². The smallest absolute Gasteiger partial charge is 0.232 e. The molecule has 1 atom stereocenters. The number of nitrogens with zero attached hydrogens (tertiary/aromatic N) is 3. The maximum atomic E-state index is 12.5. The van der Waals surface area contributed by atoms with Crippen molar-refractivity contribution in [3.05, 3.63) is 46.8 Å². The fourth-order valence-electron chi connectivity index (χ4n) is 3.23. The van der Waals surface area contributed by atoms with E-state index in [0.717, 1.165) is 28.2 Å². The van der Waals surface area contributed by atoms with Crippen molar-refractivity contribution >= 4 is 23.5 Å². The van der Waals surface area contributed by atoms with Crippen LogP contribution in [0.15, 0.2) is 24.3 Å². The van der Waals surface area contributed by atoms with Crippen LogP contribution in [0.3, 0.4) is 0 Å². The van der Waals surface area contributed by atoms with Gasteiger partial charge >= 0.3 is 0 Å². The molecule has 0 saturated carbocycles. The van der Waals surface area contributed by atoms with Crippen LogP contribution in [0.1, 0.15) is 28.9 Å². The van der Waals surface area contributed by atoms with Gasteiger partial charge in [-0.15, -0.1) is 0 Å². The first-order chi connectivity index (χ1) is 11.8. The molecule has 6 nitrogen and oxygen atoms in total. The molecule has 0 aliphatic carbocycles. The minimum absolute atomic E-state index is 0.0357. The first-order valence-corrected chi connectivity index (χ1v) is 8.33. The maximum Gasteiger partial charge on any atom is 0.232 e. The monoisotopic (exact) mass is 338 g/mol. The minimum atomic E-state index is -0.405. The average Bonchev–Trinajstić information content (AvgIpc) is 2.87. The number of carbonyl (C=O) groups excluding carboxylic acids is 2. The van der Waals surface area contributed by atoms with Gasteiger partial charge in [-0.25, -0.2) is 9.97 Å². The Morgan fingerprint density at radius 2 is 1.64 bits per heavy atom. The second kappa shape index (κ2) is 6.63. The summed E-state index contributed by atoms with van der Waals surface area (Å²) in [5.41, 5.74) is 4.63. The molecule has 1 aromatic carbocycles. The van der Waals surface area contributed by atoms with Crippen LogP contribution in [0.2, 0.25) is 0 Å². The first-order valence-electron chi connectivity index (χ1n) is 8.33. The molecular formula is C19H22N4O2. The van der Waals surface area contributed by atoms with Gasteiger partial charge in [0.25, 0.3) is 0 Å². The Morgan fingerprint density at radius 3 is 2.24 bits per heavy atom. The van der Waals surface area contributed by atoms with Crippen molar-refractivity contribution in [1.82, 2.24) is 9.97 Å². The Kier molecular flexibility index (Phi) is 4.53. The Balaban J connectivity index is 1.74. The van der Waals surface area contributed by atoms with Crippen molar-refractivity contribution < 1.29 is 9.59 Å². The molecule has 1 N–H and O–H groups in total. The SMILES string of the molecule is Cc1cc(C)cc(N2C[C@H](C(=O)Nc3nc(C)cc(C)n3)CC2=O)c1. The van der Waals surface area contributed by atoms with E-state index < -0.39 is 5.92 Å². The van der Waals surface area contributed by atoms with Crippen molar-refractivity contribution in [2.24, 2.45) is 5.92 Å². The summed E-state index contributed by atoms with van der Waals surface area (Å²) in [6.45, 7) is 8.08. The molecule has 25 heavy (non-hydrogen) atoms. The van der Waals surface area contributed by atoms with Gasteiger partial charge in [-0.05, 0) is 57.0 Å². The predicted octanol–water partition coefficient (Wildman–Crippen LogP) is 2.70. The Morgan fingerprint density at radius 1 is 1.04 bits per heavy atom. The lowest BCUT2D eigenvalue weighted by atomic mass is 10.1. The van der Waals surface area contributed by atoms with Crippen molar-refractivity contribution in [1.29, 1.82) is 0 Å². The van der Waals surface area contributed by atoms with Crippen molar-refractivity contribution in [3.63, 3.8) is 0 Å². The highest BCUT2D eigenvalue weighted by Crippen LogP contribution is 2.27. The summed E-state index contributed by atoms with van der Waals surface area (Å²) in [4.78, 5) is 35.0. The molecule has 1 aromatic heterocycles. The average molecular weight is 338 g/mol. The van der Waals surface area contributed by atoms with Crippen molar-refractivity contribution in [3.8, 4) is 0 Å². The summed E-state index contributed by atoms with van der Waals surface area (Å²) in [5, 5.41) is 2.74. The number of rotatable bonds is 3. The van der Waals surface area contributed by atoms with Crippen LogP contribution >= 0.6 is 0 Å². The summed E-state index contributed by atoms with van der Waals surface area (Å²) < 4.78 is 0. The number of hydrogen-bond acceptors (Lipinski definition) is 4. The van der Waals surface area contributed by atoms with Gasteiger partial charge in [-0.2, -0.15) is 0 Å². The van der Waals surface area contributed by atoms with Crippen LogP contribution in [0.25, 0.3) is 0 Å². The maximum absolute atomic E-state index is 12.5. The van der Waals surface area contributed by atoms with Gasteiger partial charge in [-0.3, -0.25) is 14.9 Å². The van der Waals surface area contributed by atoms with E-state index in [1.165, 1.54) is 0 Å². The summed E-state index contributed by atoms with van der Waals surface area (Å²) in [5.74, 6) is -0.366. The molecule has 1 fully saturated rings. The highest BCUT2D eigenvalue weighted by Gasteiger charge is 2.35. The molecule has 0 radical (unpaired) electrons. The summed E-state index contributed by atoms with van der Waals surface area (Å²) >= 11 is 0. The Hall–Kier alpha value is -2.76. The number of amides is 2. The topological polar surface area (TPSA) is 75.2 Å². The van der Waals surface area contributed by atoms with Crippen molar-refractivity contribution in [2.45, 2.75) is 34.1 Å². The van der Waals surface area contributed by atoms with Gasteiger partial charge in [0, 0.05) is 30.0 Å². The number of nitrogens with one attached hydrogen (secondary N) is 1. The minimum Gasteiger partial charge on any atom is -0.312 e. The molecule has 0 spiro atoms. The Bertz CT molecular complexity index is 807. The van der Waals surface area contributed by atoms with Crippen molar-refractivity contribution in [2.75, 3.05) is 16.8 Å². The van der Waals surface area contributed by atoms with E-state index in [2.05, 4.69) is 21.4 Å². The third kappa shape index (κ3) is 3.84. The molecule has 6 heteroatoms. The molecule has 1 aliphatic rings. The lowest BCUT2D eigenvalue weighted by Gasteiger charge is -2.18. The third-order valence-corrected chi connectivity index (χ3v) is 4.23. The third-order valence-electron chi connectivity index (χ3n) is 4.23. The van der Waals surface area contributed by atoms with E-state index in [1.54, 1.807) is 4.90 Å². The van der Waals surface area contributed by atoms with Gasteiger partial charge in [0.2, 0.25) is 17.8 Å². The number of aromatic nitrogens is 2. The predicted molar refractivity (Wildman–Crippen MR) is 96.5 cm³/mol. The number of aryl methyl sites for hydroxylation is 4. The molecular weight excluding hydrogens is 316 g/mol. The zero-order valence-electron chi connectivity index (χ0n) is 15.0. The van der Waals surface area contributed by atoms with E-state index in [0.29, 0.717) is 12.5 Å². The van der Waals surface area contributed by atoms with Gasteiger partial charge in [-0.1, -0.05) is 6.07 Å². The number of hydrogen-bond donors (Lipinski definition) is 1. The zero-order chi connectivity index (χ0) is 18.1. The molecule has 1 aliphatic heterocycles. The Labute approximate surface area is 147 Å². The van der Waals surface area contributed by atoms with E-state index in [4.69, 9.17) is 0 Å². The molecule has 0 bridgehead atoms. The van der Waals surface area contributed by atoms with E-state index in [1.807, 2.05) is 45.9 Å². The van der Waals surface area contributed by atoms with Gasteiger partial charge in [0.15, 0.2) is 0 Å². The molecule has 3 rings (SSSR count). The molecule has 1 saturated heterocycles. The standard InChI is InChI=1S/C19H22N4O2/c1-11-5-12(2)7-16(6-11)23-10-15(9-17(23)24)18(25)22-19-20-13(3)8-14(4)21-19/h5-8,15H,9-10H2,1-4H3,(H,20,21,22,25)/t15-/m1/s1. The number of carbonyl (C=O) groups is 2. The van der Waals surface area contributed by atoms with Gasteiger partial charge in [0.05, 0.1) is 5.92 Å². The van der Waals surface area contributed by atoms with E-state index in [-0.39, 0.29) is 18.2 Å². The fraction of sp³-hybridized carbons (Fsp3) is 0.368. The van der Waals surface area contributed by atoms with Gasteiger partial charge in [0.1, 0.15) is 0 Å². The summed E-state index contributed by atoms with van der Waals surface area (Å²) in [6, 6.07) is 7.85. The molecule has 2 heterocycles. The van der Waals surface area contributed by atoms with Crippen LogP contribution in [-0.4, -0.2) is 28.3 Å². The number of benzene rings is 1. The molecule has 2 amide bonds. The van der Waals surface area contributed by atoms with Crippen LogP contribution in [0, 0.1) is 33.6 Å². The quantitative estimate of drug-likeness (QED) is 0.934. The molecule has 130 valence electrons. The van der Waals surface area contributed by atoms with Gasteiger partial charge < -0.3 is 4.90 Å². The van der Waals surface area contributed by atoms with E-state index in [9.17, 15) is 9.59 Å². The normalized spacial score (nSPS) is 17.0.